The summed E-state index contributed by atoms with van der Waals surface area (Å²) in [4.78, 5) is 14.3. The second-order valence-corrected chi connectivity index (χ2v) is 11.5. The van der Waals surface area contributed by atoms with E-state index in [0.29, 0.717) is 24.8 Å². The van der Waals surface area contributed by atoms with Crippen LogP contribution in [-0.4, -0.2) is 68.7 Å². The molecular weight excluding hydrogens is 358 g/mol. The number of carbonyl (C=O) groups is 1. The van der Waals surface area contributed by atoms with Crippen molar-refractivity contribution in [1.29, 1.82) is 0 Å². The molecule has 3 aliphatic heterocycles. The Hall–Kier alpha value is -0.950. The van der Waals surface area contributed by atoms with Crippen LogP contribution >= 0.6 is 0 Å². The molecule has 3 saturated heterocycles. The maximum absolute atomic E-state index is 12.2. The number of nitrogens with zero attached hydrogens (tertiary/aromatic N) is 1. The van der Waals surface area contributed by atoms with Crippen molar-refractivity contribution in [2.24, 2.45) is 34.0 Å². The van der Waals surface area contributed by atoms with Gasteiger partial charge < -0.3 is 20.1 Å². The molecule has 28 heavy (non-hydrogen) atoms. The van der Waals surface area contributed by atoms with Gasteiger partial charge in [0.15, 0.2) is 0 Å². The molecule has 3 heterocycles. The van der Waals surface area contributed by atoms with Crippen LogP contribution in [0, 0.1) is 34.0 Å². The fraction of sp³-hybridized carbons (Fsp3) is 0.864. The summed E-state index contributed by atoms with van der Waals surface area (Å²) in [5, 5.41) is 35.1. The number of aliphatic hydroxyl groups is 3. The van der Waals surface area contributed by atoms with Crippen molar-refractivity contribution in [2.75, 3.05) is 6.54 Å². The molecule has 2 spiro atoms. The summed E-state index contributed by atoms with van der Waals surface area (Å²) < 4.78 is 5.75. The second-order valence-electron chi connectivity index (χ2n) is 11.5. The van der Waals surface area contributed by atoms with Gasteiger partial charge >= 0.3 is 5.97 Å². The lowest BCUT2D eigenvalue weighted by Gasteiger charge is -2.67. The Morgan fingerprint density at radius 2 is 2.00 bits per heavy atom. The van der Waals surface area contributed by atoms with Crippen LogP contribution in [-0.2, 0) is 9.53 Å². The highest BCUT2D eigenvalue weighted by atomic mass is 16.5. The first-order valence-corrected chi connectivity index (χ1v) is 10.8. The number of piperidine rings is 2. The molecule has 9 fully saturated rings. The lowest BCUT2D eigenvalue weighted by atomic mass is 9.39. The maximum Gasteiger partial charge on any atom is 0.302 e. The summed E-state index contributed by atoms with van der Waals surface area (Å²) in [5.74, 6) is -0.379. The van der Waals surface area contributed by atoms with Crippen LogP contribution in [0.15, 0.2) is 12.2 Å². The minimum absolute atomic E-state index is 0.0237. The van der Waals surface area contributed by atoms with Crippen molar-refractivity contribution in [1.82, 2.24) is 4.90 Å². The topological polar surface area (TPSA) is 90.2 Å². The molecule has 9 aliphatic rings. The van der Waals surface area contributed by atoms with Crippen LogP contribution in [0.2, 0.25) is 0 Å². The SMILES string of the molecule is C=C1CC23CC4C5C67C[C@@H](OC(C)=O)C[C@@]5(C)CN4C6C2(O)[C@@H](O)C1C(O)C73. The average Bonchev–Trinajstić information content (AvgIpc) is 2.97. The molecule has 152 valence electrons. The number of fused-ring (bicyclic) bond motifs is 1. The van der Waals surface area contributed by atoms with Gasteiger partial charge in [-0.1, -0.05) is 19.1 Å². The molecule has 0 radical (unpaired) electrons. The molecule has 9 rings (SSSR count). The first-order chi connectivity index (χ1) is 13.1. The van der Waals surface area contributed by atoms with E-state index in [1.165, 1.54) is 6.92 Å². The molecule has 0 aromatic carbocycles. The van der Waals surface area contributed by atoms with E-state index >= 15 is 0 Å². The summed E-state index contributed by atoms with van der Waals surface area (Å²) in [7, 11) is 0. The Balaban J connectivity index is 1.49. The number of hydrogen-bond acceptors (Lipinski definition) is 6. The molecule has 0 amide bonds. The highest BCUT2D eigenvalue weighted by molar-refractivity contribution is 5.66. The number of carbonyl (C=O) groups excluding carboxylic acids is 1. The van der Waals surface area contributed by atoms with Gasteiger partial charge in [-0.15, -0.1) is 0 Å². The van der Waals surface area contributed by atoms with E-state index in [4.69, 9.17) is 4.74 Å². The third-order valence-electron chi connectivity index (χ3n) is 10.6. The molecule has 3 N–H and O–H groups in total. The van der Waals surface area contributed by atoms with E-state index < -0.39 is 29.1 Å². The summed E-state index contributed by atoms with van der Waals surface area (Å²) in [6.45, 7) is 8.85. The van der Waals surface area contributed by atoms with Crippen molar-refractivity contribution >= 4 is 5.97 Å². The average molecular weight is 387 g/mol. The largest absolute Gasteiger partial charge is 0.463 e. The van der Waals surface area contributed by atoms with Gasteiger partial charge in [-0.2, -0.15) is 0 Å². The molecule has 13 atom stereocenters. The van der Waals surface area contributed by atoms with Gasteiger partial charge in [-0.3, -0.25) is 9.69 Å². The molecule has 0 aromatic rings. The van der Waals surface area contributed by atoms with Crippen molar-refractivity contribution < 1.29 is 24.9 Å². The maximum atomic E-state index is 12.2. The van der Waals surface area contributed by atoms with Gasteiger partial charge in [0.25, 0.3) is 0 Å². The summed E-state index contributed by atoms with van der Waals surface area (Å²) in [6, 6.07) is 0.245. The zero-order chi connectivity index (χ0) is 19.6. The van der Waals surface area contributed by atoms with Crippen LogP contribution in [0.4, 0.5) is 0 Å². The summed E-state index contributed by atoms with van der Waals surface area (Å²) in [6.07, 6.45) is 1.27. The third-order valence-corrected chi connectivity index (χ3v) is 10.6. The first-order valence-electron chi connectivity index (χ1n) is 10.8. The molecule has 6 nitrogen and oxygen atoms in total. The molecule has 10 unspecified atom stereocenters. The Labute approximate surface area is 164 Å². The zero-order valence-electron chi connectivity index (χ0n) is 16.5. The van der Waals surface area contributed by atoms with Crippen LogP contribution in [0.5, 0.6) is 0 Å². The van der Waals surface area contributed by atoms with Gasteiger partial charge in [-0.25, -0.2) is 0 Å². The predicted molar refractivity (Wildman–Crippen MR) is 97.9 cm³/mol. The minimum Gasteiger partial charge on any atom is -0.463 e. The smallest absolute Gasteiger partial charge is 0.302 e. The monoisotopic (exact) mass is 387 g/mol. The molecule has 9 bridgehead atoms. The number of rotatable bonds is 1. The van der Waals surface area contributed by atoms with E-state index in [9.17, 15) is 20.1 Å². The molecule has 6 aliphatic carbocycles. The van der Waals surface area contributed by atoms with Crippen molar-refractivity contribution in [2.45, 2.75) is 75.5 Å². The van der Waals surface area contributed by atoms with Crippen molar-refractivity contribution in [3.05, 3.63) is 12.2 Å². The van der Waals surface area contributed by atoms with E-state index in [-0.39, 0.29) is 34.9 Å². The van der Waals surface area contributed by atoms with Gasteiger partial charge in [0.2, 0.25) is 0 Å². The van der Waals surface area contributed by atoms with Crippen LogP contribution in [0.1, 0.15) is 39.5 Å². The van der Waals surface area contributed by atoms with Gasteiger partial charge in [0.1, 0.15) is 11.7 Å². The Kier molecular flexibility index (Phi) is 2.55. The standard InChI is InChI=1S/C22H29NO5/c1-9-4-20-7-12-15-19(3)5-11(28-10(2)24)6-21(15)16(20)14(25)13(9)17(26)22(20,27)18(21)23(12)8-19/h11-18,25-27H,1,4-8H2,2-3H3/t11-,12?,13?,14?,15?,16?,17-,18?,19-,20?,21?,22?/m0/s1. The number of esters is 1. The van der Waals surface area contributed by atoms with Crippen molar-refractivity contribution in [3.63, 3.8) is 0 Å². The van der Waals surface area contributed by atoms with Gasteiger partial charge in [0.05, 0.1) is 12.2 Å². The first kappa shape index (κ1) is 16.8. The molecule has 0 aromatic heterocycles. The Bertz CT molecular complexity index is 860. The fourth-order valence-electron chi connectivity index (χ4n) is 11.0. The highest BCUT2D eigenvalue weighted by Gasteiger charge is 2.94. The zero-order valence-corrected chi connectivity index (χ0v) is 16.5. The Morgan fingerprint density at radius 3 is 2.71 bits per heavy atom. The quantitative estimate of drug-likeness (QED) is 0.447. The molecular formula is C22H29NO5. The lowest BCUT2D eigenvalue weighted by Crippen LogP contribution is -2.76. The van der Waals surface area contributed by atoms with Crippen LogP contribution in [0.25, 0.3) is 0 Å². The van der Waals surface area contributed by atoms with E-state index in [1.807, 2.05) is 0 Å². The number of hydrogen-bond donors (Lipinski definition) is 3. The third kappa shape index (κ3) is 1.26. The van der Waals surface area contributed by atoms with Crippen LogP contribution < -0.4 is 0 Å². The van der Waals surface area contributed by atoms with Gasteiger partial charge in [0, 0.05) is 48.2 Å². The van der Waals surface area contributed by atoms with E-state index in [2.05, 4.69) is 18.4 Å². The van der Waals surface area contributed by atoms with E-state index in [0.717, 1.165) is 25.0 Å². The van der Waals surface area contributed by atoms with Gasteiger partial charge in [-0.05, 0) is 37.0 Å². The summed E-state index contributed by atoms with van der Waals surface area (Å²) in [5.41, 5.74) is -1.07. The van der Waals surface area contributed by atoms with Crippen LogP contribution in [0.3, 0.4) is 0 Å². The lowest BCUT2D eigenvalue weighted by molar-refractivity contribution is -0.280. The minimum atomic E-state index is -1.20. The second kappa shape index (κ2) is 4.25. The molecule has 6 saturated carbocycles. The van der Waals surface area contributed by atoms with Crippen molar-refractivity contribution in [3.8, 4) is 0 Å². The highest BCUT2D eigenvalue weighted by Crippen LogP contribution is 2.88. The normalized spacial score (nSPS) is 69.3. The molecule has 6 heteroatoms. The fourth-order valence-corrected chi connectivity index (χ4v) is 11.0. The number of ether oxygens (including phenoxy) is 1. The number of aliphatic hydroxyl groups excluding tert-OH is 2. The predicted octanol–water partition coefficient (Wildman–Crippen LogP) is 0.450. The Morgan fingerprint density at radius 1 is 1.25 bits per heavy atom. The van der Waals surface area contributed by atoms with E-state index in [1.54, 1.807) is 0 Å². The summed E-state index contributed by atoms with van der Waals surface area (Å²) >= 11 is 0.